The summed E-state index contributed by atoms with van der Waals surface area (Å²) in [5.74, 6) is 0.0503. The number of carbonyl (C=O) groups excluding carboxylic acids is 1. The van der Waals surface area contributed by atoms with Crippen molar-refractivity contribution in [1.29, 1.82) is 0 Å². The Kier molecular flexibility index (Phi) is 5.53. The van der Waals surface area contributed by atoms with Crippen molar-refractivity contribution < 1.29 is 4.79 Å². The van der Waals surface area contributed by atoms with Crippen molar-refractivity contribution in [2.75, 3.05) is 7.05 Å². The first-order chi connectivity index (χ1) is 10.1. The fourth-order valence-corrected chi connectivity index (χ4v) is 2.38. The lowest BCUT2D eigenvalue weighted by Crippen LogP contribution is -2.29. The Hall–Kier alpha value is -1.65. The maximum atomic E-state index is 12.2. The van der Waals surface area contributed by atoms with Gasteiger partial charge in [-0.15, -0.1) is 0 Å². The summed E-state index contributed by atoms with van der Waals surface area (Å²) < 4.78 is 1.03. The van der Waals surface area contributed by atoms with Crippen molar-refractivity contribution in [2.45, 2.75) is 19.0 Å². The van der Waals surface area contributed by atoms with Crippen LogP contribution in [0.1, 0.15) is 23.6 Å². The lowest BCUT2D eigenvalue weighted by molar-refractivity contribution is -0.130. The zero-order chi connectivity index (χ0) is 15.2. The van der Waals surface area contributed by atoms with E-state index < -0.39 is 0 Å². The number of benzene rings is 2. The minimum Gasteiger partial charge on any atom is -0.341 e. The summed E-state index contributed by atoms with van der Waals surface area (Å²) in [6, 6.07) is 17.4. The molecule has 2 aromatic carbocycles. The highest BCUT2D eigenvalue weighted by molar-refractivity contribution is 9.10. The molecule has 0 radical (unpaired) electrons. The zero-order valence-corrected chi connectivity index (χ0v) is 13.6. The maximum Gasteiger partial charge on any atom is 0.224 e. The largest absolute Gasteiger partial charge is 0.341 e. The predicted octanol–water partition coefficient (Wildman–Crippen LogP) is 3.50. The zero-order valence-electron chi connectivity index (χ0n) is 12.0. The molecule has 110 valence electrons. The second kappa shape index (κ2) is 7.38. The highest BCUT2D eigenvalue weighted by Gasteiger charge is 2.15. The summed E-state index contributed by atoms with van der Waals surface area (Å²) in [5.41, 5.74) is 8.18. The number of amides is 1. The molecule has 3 nitrogen and oxygen atoms in total. The van der Waals surface area contributed by atoms with Gasteiger partial charge in [-0.3, -0.25) is 4.79 Å². The molecule has 0 spiro atoms. The van der Waals surface area contributed by atoms with Crippen LogP contribution in [0.5, 0.6) is 0 Å². The topological polar surface area (TPSA) is 46.3 Å². The maximum absolute atomic E-state index is 12.2. The Morgan fingerprint density at radius 1 is 1.14 bits per heavy atom. The average molecular weight is 347 g/mol. The molecule has 0 aliphatic rings. The van der Waals surface area contributed by atoms with Gasteiger partial charge in [0.15, 0.2) is 0 Å². The van der Waals surface area contributed by atoms with Crippen LogP contribution in [0, 0.1) is 0 Å². The molecule has 0 aliphatic heterocycles. The average Bonchev–Trinajstić information content (AvgIpc) is 2.50. The first-order valence-electron chi connectivity index (χ1n) is 6.85. The summed E-state index contributed by atoms with van der Waals surface area (Å²) >= 11 is 3.40. The molecule has 0 saturated heterocycles. The Balaban J connectivity index is 1.92. The smallest absolute Gasteiger partial charge is 0.224 e. The SMILES string of the molecule is CN(Cc1ccc(Br)cc1)C(=O)CC(N)c1ccccc1. The van der Waals surface area contributed by atoms with E-state index in [4.69, 9.17) is 5.73 Å². The number of hydrogen-bond donors (Lipinski definition) is 1. The van der Waals surface area contributed by atoms with Gasteiger partial charge in [0.2, 0.25) is 5.91 Å². The Bertz CT molecular complexity index is 583. The van der Waals surface area contributed by atoms with Crippen molar-refractivity contribution in [3.05, 3.63) is 70.2 Å². The Morgan fingerprint density at radius 3 is 2.38 bits per heavy atom. The summed E-state index contributed by atoms with van der Waals surface area (Å²) in [7, 11) is 1.81. The minimum absolute atomic E-state index is 0.0503. The third-order valence-electron chi connectivity index (χ3n) is 3.38. The van der Waals surface area contributed by atoms with Gasteiger partial charge < -0.3 is 10.6 Å². The predicted molar refractivity (Wildman–Crippen MR) is 88.6 cm³/mol. The number of nitrogens with zero attached hydrogens (tertiary/aromatic N) is 1. The first-order valence-corrected chi connectivity index (χ1v) is 7.64. The van der Waals surface area contributed by atoms with Crippen LogP contribution in [0.3, 0.4) is 0 Å². The fraction of sp³-hybridized carbons (Fsp3) is 0.235. The quantitative estimate of drug-likeness (QED) is 0.900. The molecule has 0 heterocycles. The Morgan fingerprint density at radius 2 is 1.76 bits per heavy atom. The fourth-order valence-electron chi connectivity index (χ4n) is 2.11. The molecule has 0 bridgehead atoms. The van der Waals surface area contributed by atoms with E-state index in [1.807, 2.05) is 61.6 Å². The molecule has 2 N–H and O–H groups in total. The molecule has 4 heteroatoms. The molecular formula is C17H19BrN2O. The Labute approximate surface area is 133 Å². The van der Waals surface area contributed by atoms with Crippen LogP contribution < -0.4 is 5.73 Å². The summed E-state index contributed by atoms with van der Waals surface area (Å²) in [6.07, 6.45) is 0.317. The van der Waals surface area contributed by atoms with Crippen LogP contribution in [0.25, 0.3) is 0 Å². The van der Waals surface area contributed by atoms with Crippen molar-refractivity contribution >= 4 is 21.8 Å². The van der Waals surface area contributed by atoms with Crippen LogP contribution in [0.4, 0.5) is 0 Å². The highest BCUT2D eigenvalue weighted by Crippen LogP contribution is 2.16. The monoisotopic (exact) mass is 346 g/mol. The number of rotatable bonds is 5. The van der Waals surface area contributed by atoms with Crippen LogP contribution >= 0.6 is 15.9 Å². The van der Waals surface area contributed by atoms with E-state index in [-0.39, 0.29) is 11.9 Å². The molecule has 2 rings (SSSR count). The van der Waals surface area contributed by atoms with Gasteiger partial charge in [-0.25, -0.2) is 0 Å². The second-order valence-electron chi connectivity index (χ2n) is 5.10. The van der Waals surface area contributed by atoms with E-state index in [1.165, 1.54) is 0 Å². The van der Waals surface area contributed by atoms with Gasteiger partial charge in [-0.1, -0.05) is 58.4 Å². The molecule has 1 unspecified atom stereocenters. The van der Waals surface area contributed by atoms with Crippen LogP contribution in [0.15, 0.2) is 59.1 Å². The van der Waals surface area contributed by atoms with Crippen molar-refractivity contribution in [1.82, 2.24) is 4.90 Å². The van der Waals surface area contributed by atoms with Gasteiger partial charge in [-0.2, -0.15) is 0 Å². The molecule has 2 aromatic rings. The van der Waals surface area contributed by atoms with Gasteiger partial charge in [0.1, 0.15) is 0 Å². The normalized spacial score (nSPS) is 12.0. The molecule has 0 fully saturated rings. The lowest BCUT2D eigenvalue weighted by atomic mass is 10.0. The summed E-state index contributed by atoms with van der Waals surface area (Å²) in [5, 5.41) is 0. The third-order valence-corrected chi connectivity index (χ3v) is 3.91. The number of carbonyl (C=O) groups is 1. The molecule has 1 atom stereocenters. The molecule has 1 amide bonds. The number of halogens is 1. The van der Waals surface area contributed by atoms with Gasteiger partial charge in [0, 0.05) is 30.5 Å². The second-order valence-corrected chi connectivity index (χ2v) is 6.01. The van der Waals surface area contributed by atoms with Gasteiger partial charge in [0.05, 0.1) is 0 Å². The van der Waals surface area contributed by atoms with Gasteiger partial charge in [0.25, 0.3) is 0 Å². The van der Waals surface area contributed by atoms with E-state index in [1.54, 1.807) is 4.90 Å². The highest BCUT2D eigenvalue weighted by atomic mass is 79.9. The number of nitrogens with two attached hydrogens (primary N) is 1. The van der Waals surface area contributed by atoms with Crippen molar-refractivity contribution in [3.63, 3.8) is 0 Å². The van der Waals surface area contributed by atoms with Crippen LogP contribution in [0.2, 0.25) is 0 Å². The molecule has 0 aliphatic carbocycles. The molecular weight excluding hydrogens is 328 g/mol. The third kappa shape index (κ3) is 4.69. The van der Waals surface area contributed by atoms with Crippen molar-refractivity contribution in [3.8, 4) is 0 Å². The van der Waals surface area contributed by atoms with Gasteiger partial charge in [-0.05, 0) is 23.3 Å². The van der Waals surface area contributed by atoms with E-state index in [0.717, 1.165) is 15.6 Å². The van der Waals surface area contributed by atoms with Crippen LogP contribution in [-0.2, 0) is 11.3 Å². The van der Waals surface area contributed by atoms with E-state index >= 15 is 0 Å². The minimum atomic E-state index is -0.258. The van der Waals surface area contributed by atoms with Crippen molar-refractivity contribution in [2.24, 2.45) is 5.73 Å². The van der Waals surface area contributed by atoms with E-state index in [9.17, 15) is 4.79 Å². The molecule has 0 saturated carbocycles. The van der Waals surface area contributed by atoms with E-state index in [2.05, 4.69) is 15.9 Å². The van der Waals surface area contributed by atoms with Gasteiger partial charge >= 0.3 is 0 Å². The van der Waals surface area contributed by atoms with Crippen LogP contribution in [-0.4, -0.2) is 17.9 Å². The standard InChI is InChI=1S/C17H19BrN2O/c1-20(12-13-7-9-15(18)10-8-13)17(21)11-16(19)14-5-3-2-4-6-14/h2-10,16H,11-12,19H2,1H3. The molecule has 21 heavy (non-hydrogen) atoms. The van der Waals surface area contributed by atoms with E-state index in [0.29, 0.717) is 13.0 Å². The summed E-state index contributed by atoms with van der Waals surface area (Å²) in [4.78, 5) is 13.9. The number of hydrogen-bond acceptors (Lipinski definition) is 2. The molecule has 0 aromatic heterocycles. The first kappa shape index (κ1) is 15.7. The summed E-state index contributed by atoms with van der Waals surface area (Å²) in [6.45, 7) is 0.591. The lowest BCUT2D eigenvalue weighted by Gasteiger charge is -2.20.